The second kappa shape index (κ2) is 7.75. The second-order valence-electron chi connectivity index (χ2n) is 5.21. The largest absolute Gasteiger partial charge is 0.452 e. The molecule has 2 aromatic rings. The monoisotopic (exact) mass is 395 g/mol. The average molecular weight is 396 g/mol. The molecule has 1 atom stereocenters. The molecular formula is C17H18BrNO3S. The molecule has 0 aliphatic rings. The molecule has 0 aliphatic carbocycles. The van der Waals surface area contributed by atoms with Gasteiger partial charge < -0.3 is 10.1 Å². The van der Waals surface area contributed by atoms with E-state index in [-0.39, 0.29) is 18.6 Å². The Kier molecular flexibility index (Phi) is 5.96. The predicted octanol–water partition coefficient (Wildman–Crippen LogP) is 4.16. The number of carbonyl (C=O) groups excluding carboxylic acids is 2. The van der Waals surface area contributed by atoms with Crippen molar-refractivity contribution in [2.24, 2.45) is 0 Å². The van der Waals surface area contributed by atoms with Crippen LogP contribution in [0.3, 0.4) is 0 Å². The second-order valence-corrected chi connectivity index (χ2v) is 7.53. The highest BCUT2D eigenvalue weighted by Gasteiger charge is 2.16. The molecule has 0 saturated carbocycles. The van der Waals surface area contributed by atoms with Gasteiger partial charge in [0, 0.05) is 14.2 Å². The van der Waals surface area contributed by atoms with Crippen LogP contribution in [0.5, 0.6) is 0 Å². The van der Waals surface area contributed by atoms with E-state index in [1.165, 1.54) is 11.3 Å². The molecule has 122 valence electrons. The molecule has 6 heteroatoms. The summed E-state index contributed by atoms with van der Waals surface area (Å²) >= 11 is 4.99. The lowest BCUT2D eigenvalue weighted by molar-refractivity contribution is -0.124. The first-order chi connectivity index (χ1) is 10.9. The minimum atomic E-state index is -0.462. The Morgan fingerprint density at radius 3 is 2.61 bits per heavy atom. The Morgan fingerprint density at radius 2 is 2.00 bits per heavy atom. The van der Waals surface area contributed by atoms with E-state index in [4.69, 9.17) is 4.74 Å². The third-order valence-electron chi connectivity index (χ3n) is 3.34. The number of esters is 1. The number of rotatable bonds is 5. The molecule has 0 bridgehead atoms. The summed E-state index contributed by atoms with van der Waals surface area (Å²) in [4.78, 5) is 25.9. The highest BCUT2D eigenvalue weighted by molar-refractivity contribution is 9.10. The Morgan fingerprint density at radius 1 is 1.30 bits per heavy atom. The summed E-state index contributed by atoms with van der Waals surface area (Å²) < 4.78 is 6.02. The number of amides is 1. The van der Waals surface area contributed by atoms with Gasteiger partial charge in [0.1, 0.15) is 0 Å². The van der Waals surface area contributed by atoms with Crippen LogP contribution >= 0.6 is 27.3 Å². The van der Waals surface area contributed by atoms with Crippen LogP contribution in [0.2, 0.25) is 0 Å². The fraction of sp³-hybridized carbons (Fsp3) is 0.294. The summed E-state index contributed by atoms with van der Waals surface area (Å²) in [5, 5.41) is 2.82. The minimum absolute atomic E-state index is 0.179. The van der Waals surface area contributed by atoms with Gasteiger partial charge in [0.2, 0.25) is 0 Å². The summed E-state index contributed by atoms with van der Waals surface area (Å²) in [6.45, 7) is 5.39. The van der Waals surface area contributed by atoms with E-state index in [2.05, 4.69) is 21.2 Å². The van der Waals surface area contributed by atoms with E-state index >= 15 is 0 Å². The van der Waals surface area contributed by atoms with Gasteiger partial charge in [-0.05, 0) is 38.5 Å². The van der Waals surface area contributed by atoms with Gasteiger partial charge in [-0.3, -0.25) is 4.79 Å². The van der Waals surface area contributed by atoms with Gasteiger partial charge in [-0.15, -0.1) is 11.3 Å². The molecule has 2 rings (SSSR count). The molecule has 1 amide bonds. The van der Waals surface area contributed by atoms with Crippen molar-refractivity contribution in [3.8, 4) is 0 Å². The normalized spacial score (nSPS) is 11.8. The lowest BCUT2D eigenvalue weighted by Gasteiger charge is -2.15. The minimum Gasteiger partial charge on any atom is -0.452 e. The van der Waals surface area contributed by atoms with E-state index in [1.807, 2.05) is 45.0 Å². The van der Waals surface area contributed by atoms with Crippen LogP contribution in [0.15, 0.2) is 34.8 Å². The van der Waals surface area contributed by atoms with Crippen molar-refractivity contribution >= 4 is 39.1 Å². The highest BCUT2D eigenvalue weighted by atomic mass is 79.9. The van der Waals surface area contributed by atoms with Crippen LogP contribution in [-0.2, 0) is 9.53 Å². The maximum absolute atomic E-state index is 12.0. The van der Waals surface area contributed by atoms with Crippen molar-refractivity contribution in [2.45, 2.75) is 26.8 Å². The van der Waals surface area contributed by atoms with Crippen LogP contribution in [-0.4, -0.2) is 18.5 Å². The van der Waals surface area contributed by atoms with Crippen LogP contribution in [0, 0.1) is 13.8 Å². The quantitative estimate of drug-likeness (QED) is 0.773. The molecule has 1 N–H and O–H groups in total. The maximum Gasteiger partial charge on any atom is 0.339 e. The maximum atomic E-state index is 12.0. The number of nitrogens with one attached hydrogen (secondary N) is 1. The zero-order chi connectivity index (χ0) is 17.0. The van der Waals surface area contributed by atoms with Crippen LogP contribution in [0.4, 0.5) is 0 Å². The molecule has 1 aromatic carbocycles. The first-order valence-corrected chi connectivity index (χ1v) is 8.77. The van der Waals surface area contributed by atoms with Crippen molar-refractivity contribution in [1.82, 2.24) is 5.32 Å². The lowest BCUT2D eigenvalue weighted by atomic mass is 10.1. The topological polar surface area (TPSA) is 55.4 Å². The summed E-state index contributed by atoms with van der Waals surface area (Å²) in [6, 6.07) is 9.27. The molecule has 0 fully saturated rings. The summed E-state index contributed by atoms with van der Waals surface area (Å²) in [5.41, 5.74) is 1.50. The lowest BCUT2D eigenvalue weighted by Crippen LogP contribution is -2.31. The SMILES string of the molecule is Cc1cc(C(=O)OCC(=O)N[C@H](C)c2ccccc2Br)c(C)s1. The number of carbonyl (C=O) groups is 2. The molecule has 23 heavy (non-hydrogen) atoms. The van der Waals surface area contributed by atoms with Crippen LogP contribution < -0.4 is 5.32 Å². The number of thiophene rings is 1. The molecule has 1 heterocycles. The van der Waals surface area contributed by atoms with Gasteiger partial charge >= 0.3 is 5.97 Å². The smallest absolute Gasteiger partial charge is 0.339 e. The number of ether oxygens (including phenoxy) is 1. The Balaban J connectivity index is 1.89. The zero-order valence-electron chi connectivity index (χ0n) is 13.2. The number of halogens is 1. The standard InChI is InChI=1S/C17H18BrNO3S/c1-10-8-14(12(3)23-10)17(21)22-9-16(20)19-11(2)13-6-4-5-7-15(13)18/h4-8,11H,9H2,1-3H3,(H,19,20)/t11-/m1/s1. The van der Waals surface area contributed by atoms with Crippen molar-refractivity contribution in [2.75, 3.05) is 6.61 Å². The van der Waals surface area contributed by atoms with Gasteiger partial charge in [-0.1, -0.05) is 34.1 Å². The van der Waals surface area contributed by atoms with Gasteiger partial charge in [-0.25, -0.2) is 4.79 Å². The Hall–Kier alpha value is -1.66. The van der Waals surface area contributed by atoms with E-state index in [0.29, 0.717) is 5.56 Å². The molecule has 0 aliphatic heterocycles. The number of benzene rings is 1. The predicted molar refractivity (Wildman–Crippen MR) is 94.8 cm³/mol. The van der Waals surface area contributed by atoms with Gasteiger partial charge in [0.25, 0.3) is 5.91 Å². The average Bonchev–Trinajstić information content (AvgIpc) is 2.84. The van der Waals surface area contributed by atoms with Crippen LogP contribution in [0.25, 0.3) is 0 Å². The van der Waals surface area contributed by atoms with Gasteiger partial charge in [0.05, 0.1) is 11.6 Å². The molecular weight excluding hydrogens is 378 g/mol. The first-order valence-electron chi connectivity index (χ1n) is 7.16. The van der Waals surface area contributed by atoms with Crippen molar-refractivity contribution in [3.05, 3.63) is 55.7 Å². The molecule has 0 spiro atoms. The molecule has 1 aromatic heterocycles. The van der Waals surface area contributed by atoms with Crippen molar-refractivity contribution < 1.29 is 14.3 Å². The first kappa shape index (κ1) is 17.7. The number of hydrogen-bond donors (Lipinski definition) is 1. The number of hydrogen-bond acceptors (Lipinski definition) is 4. The summed E-state index contributed by atoms with van der Waals surface area (Å²) in [5.74, 6) is -0.790. The van der Waals surface area contributed by atoms with Crippen LogP contribution in [0.1, 0.15) is 38.6 Å². The Bertz CT molecular complexity index is 726. The van der Waals surface area contributed by atoms with E-state index in [1.54, 1.807) is 6.07 Å². The van der Waals surface area contributed by atoms with Crippen molar-refractivity contribution in [1.29, 1.82) is 0 Å². The van der Waals surface area contributed by atoms with E-state index in [0.717, 1.165) is 19.8 Å². The molecule has 4 nitrogen and oxygen atoms in total. The molecule has 0 radical (unpaired) electrons. The molecule has 0 unspecified atom stereocenters. The third kappa shape index (κ3) is 4.65. The highest BCUT2D eigenvalue weighted by Crippen LogP contribution is 2.23. The van der Waals surface area contributed by atoms with E-state index < -0.39 is 5.97 Å². The summed E-state index contributed by atoms with van der Waals surface area (Å²) in [7, 11) is 0. The van der Waals surface area contributed by atoms with Gasteiger partial charge in [0.15, 0.2) is 6.61 Å². The third-order valence-corrected chi connectivity index (χ3v) is 5.03. The fourth-order valence-corrected chi connectivity index (χ4v) is 3.77. The Labute approximate surface area is 148 Å². The summed E-state index contributed by atoms with van der Waals surface area (Å²) in [6.07, 6.45) is 0. The van der Waals surface area contributed by atoms with Crippen molar-refractivity contribution in [3.63, 3.8) is 0 Å². The van der Waals surface area contributed by atoms with Gasteiger partial charge in [-0.2, -0.15) is 0 Å². The zero-order valence-corrected chi connectivity index (χ0v) is 15.6. The van der Waals surface area contributed by atoms with E-state index in [9.17, 15) is 9.59 Å². The molecule has 0 saturated heterocycles. The fourth-order valence-electron chi connectivity index (χ4n) is 2.23. The number of aryl methyl sites for hydroxylation is 2.